The lowest BCUT2D eigenvalue weighted by atomic mass is 10.2. The van der Waals surface area contributed by atoms with Crippen molar-refractivity contribution in [2.45, 2.75) is 19.3 Å². The van der Waals surface area contributed by atoms with Crippen LogP contribution >= 0.6 is 45.3 Å². The van der Waals surface area contributed by atoms with E-state index in [1.54, 1.807) is 22.7 Å². The van der Waals surface area contributed by atoms with Gasteiger partial charge < -0.3 is 10.6 Å². The van der Waals surface area contributed by atoms with E-state index in [4.69, 9.17) is 0 Å². The van der Waals surface area contributed by atoms with Crippen LogP contribution in [0.15, 0.2) is 45.8 Å². The molecule has 0 unspecified atom stereocenters. The zero-order valence-corrected chi connectivity index (χ0v) is 18.4. The topological polar surface area (TPSA) is 84.0 Å². The maximum atomic E-state index is 12.1. The standard InChI is InChI=1S/C19H16N4O2S4/c24-16(22-18-20-12(10-28-18)14-4-2-8-26-14)6-1-7-17(25)23-19-21-13(11-29-19)15-5-3-9-27-15/h2-5,8-11H,1,6-7H2,(H,20,22,24)(H,21,23,25). The number of thiazole rings is 2. The van der Waals surface area contributed by atoms with Gasteiger partial charge in [0.2, 0.25) is 11.8 Å². The fourth-order valence-electron chi connectivity index (χ4n) is 2.51. The molecule has 10 heteroatoms. The minimum absolute atomic E-state index is 0.140. The van der Waals surface area contributed by atoms with E-state index in [-0.39, 0.29) is 24.7 Å². The maximum Gasteiger partial charge on any atom is 0.226 e. The Morgan fingerprint density at radius 3 is 1.66 bits per heavy atom. The summed E-state index contributed by atoms with van der Waals surface area (Å²) in [5, 5.41) is 14.6. The molecule has 0 fully saturated rings. The van der Waals surface area contributed by atoms with Crippen molar-refractivity contribution in [3.8, 4) is 21.1 Å². The van der Waals surface area contributed by atoms with Gasteiger partial charge in [-0.15, -0.1) is 45.3 Å². The van der Waals surface area contributed by atoms with E-state index in [0.717, 1.165) is 21.1 Å². The summed E-state index contributed by atoms with van der Waals surface area (Å²) in [7, 11) is 0. The van der Waals surface area contributed by atoms with Gasteiger partial charge in [0, 0.05) is 23.6 Å². The van der Waals surface area contributed by atoms with E-state index in [9.17, 15) is 9.59 Å². The number of hydrogen-bond acceptors (Lipinski definition) is 8. The molecular formula is C19H16N4O2S4. The summed E-state index contributed by atoms with van der Waals surface area (Å²) in [6, 6.07) is 7.93. The highest BCUT2D eigenvalue weighted by Crippen LogP contribution is 2.29. The molecule has 2 amide bonds. The quantitative estimate of drug-likeness (QED) is 0.348. The van der Waals surface area contributed by atoms with Gasteiger partial charge in [-0.3, -0.25) is 9.59 Å². The molecule has 0 spiro atoms. The largest absolute Gasteiger partial charge is 0.302 e. The first-order valence-electron chi connectivity index (χ1n) is 8.76. The molecule has 0 saturated heterocycles. The Labute approximate surface area is 183 Å². The third-order valence-electron chi connectivity index (χ3n) is 3.86. The average Bonchev–Trinajstić information content (AvgIpc) is 3.47. The highest BCUT2D eigenvalue weighted by molar-refractivity contribution is 7.16. The molecule has 0 bridgehead atoms. The van der Waals surface area contributed by atoms with Crippen molar-refractivity contribution in [3.63, 3.8) is 0 Å². The van der Waals surface area contributed by atoms with E-state index < -0.39 is 0 Å². The number of nitrogens with one attached hydrogen (secondary N) is 2. The number of rotatable bonds is 8. The summed E-state index contributed by atoms with van der Waals surface area (Å²) >= 11 is 6.01. The van der Waals surface area contributed by atoms with Crippen LogP contribution in [0.2, 0.25) is 0 Å². The molecule has 4 rings (SSSR count). The molecule has 0 radical (unpaired) electrons. The second kappa shape index (κ2) is 9.40. The lowest BCUT2D eigenvalue weighted by Gasteiger charge is -2.02. The monoisotopic (exact) mass is 460 g/mol. The van der Waals surface area contributed by atoms with Gasteiger partial charge in [-0.2, -0.15) is 0 Å². The van der Waals surface area contributed by atoms with Gasteiger partial charge in [0.1, 0.15) is 0 Å². The summed E-state index contributed by atoms with van der Waals surface area (Å²) in [4.78, 5) is 35.2. The van der Waals surface area contributed by atoms with Gasteiger partial charge in [-0.1, -0.05) is 12.1 Å². The van der Waals surface area contributed by atoms with Crippen molar-refractivity contribution in [1.82, 2.24) is 9.97 Å². The summed E-state index contributed by atoms with van der Waals surface area (Å²) < 4.78 is 0. The van der Waals surface area contributed by atoms with Gasteiger partial charge in [0.25, 0.3) is 0 Å². The Kier molecular flexibility index (Phi) is 6.45. The molecule has 4 aromatic heterocycles. The SMILES string of the molecule is O=C(CCCC(=O)Nc1nc(-c2cccs2)cs1)Nc1nc(-c2cccs2)cs1. The molecule has 0 aromatic carbocycles. The summed E-state index contributed by atoms with van der Waals surface area (Å²) in [5.74, 6) is -0.279. The van der Waals surface area contributed by atoms with Crippen LogP contribution in [0.4, 0.5) is 10.3 Å². The Bertz CT molecular complexity index is 997. The number of thiophene rings is 2. The smallest absolute Gasteiger partial charge is 0.226 e. The molecule has 29 heavy (non-hydrogen) atoms. The molecule has 0 atom stereocenters. The minimum atomic E-state index is -0.140. The lowest BCUT2D eigenvalue weighted by Crippen LogP contribution is -2.14. The highest BCUT2D eigenvalue weighted by Gasteiger charge is 2.11. The Hall–Kier alpha value is -2.40. The third kappa shape index (κ3) is 5.36. The molecule has 0 aliphatic rings. The van der Waals surface area contributed by atoms with Crippen LogP contribution in [-0.2, 0) is 9.59 Å². The zero-order chi connectivity index (χ0) is 20.1. The van der Waals surface area contributed by atoms with E-state index >= 15 is 0 Å². The predicted molar refractivity (Wildman–Crippen MR) is 122 cm³/mol. The number of nitrogens with zero attached hydrogens (tertiary/aromatic N) is 2. The molecule has 4 heterocycles. The number of anilines is 2. The van der Waals surface area contributed by atoms with Gasteiger partial charge in [0.05, 0.1) is 21.1 Å². The van der Waals surface area contributed by atoms with Gasteiger partial charge in [0.15, 0.2) is 10.3 Å². The van der Waals surface area contributed by atoms with Gasteiger partial charge in [-0.05, 0) is 29.3 Å². The molecule has 0 aliphatic carbocycles. The molecule has 0 saturated carbocycles. The minimum Gasteiger partial charge on any atom is -0.302 e. The second-order valence-corrected chi connectivity index (χ2v) is 9.59. The third-order valence-corrected chi connectivity index (χ3v) is 7.16. The van der Waals surface area contributed by atoms with Crippen LogP contribution in [0.3, 0.4) is 0 Å². The first-order chi connectivity index (χ1) is 14.2. The summed E-state index contributed by atoms with van der Waals surface area (Å²) in [5.41, 5.74) is 1.73. The molecule has 148 valence electrons. The average molecular weight is 461 g/mol. The van der Waals surface area contributed by atoms with E-state index in [2.05, 4.69) is 20.6 Å². The van der Waals surface area contributed by atoms with Gasteiger partial charge >= 0.3 is 0 Å². The van der Waals surface area contributed by atoms with E-state index in [1.807, 2.05) is 45.8 Å². The summed E-state index contributed by atoms with van der Waals surface area (Å²) in [6.07, 6.45) is 0.989. The zero-order valence-electron chi connectivity index (χ0n) is 15.1. The lowest BCUT2D eigenvalue weighted by molar-refractivity contribution is -0.117. The number of amides is 2. The van der Waals surface area contributed by atoms with Crippen molar-refractivity contribution in [2.24, 2.45) is 0 Å². The van der Waals surface area contributed by atoms with Crippen LogP contribution in [-0.4, -0.2) is 21.8 Å². The van der Waals surface area contributed by atoms with Crippen LogP contribution in [0.25, 0.3) is 21.1 Å². The highest BCUT2D eigenvalue weighted by atomic mass is 32.1. The van der Waals surface area contributed by atoms with E-state index in [0.29, 0.717) is 16.7 Å². The van der Waals surface area contributed by atoms with Crippen molar-refractivity contribution < 1.29 is 9.59 Å². The molecule has 6 nitrogen and oxygen atoms in total. The Morgan fingerprint density at radius 2 is 1.24 bits per heavy atom. The van der Waals surface area contributed by atoms with Crippen LogP contribution < -0.4 is 10.6 Å². The second-order valence-electron chi connectivity index (χ2n) is 5.98. The summed E-state index contributed by atoms with van der Waals surface area (Å²) in [6.45, 7) is 0. The van der Waals surface area contributed by atoms with Crippen molar-refractivity contribution in [1.29, 1.82) is 0 Å². The maximum absolute atomic E-state index is 12.1. The van der Waals surface area contributed by atoms with Crippen LogP contribution in [0, 0.1) is 0 Å². The molecule has 2 N–H and O–H groups in total. The normalized spacial score (nSPS) is 10.8. The van der Waals surface area contributed by atoms with Crippen LogP contribution in [0.5, 0.6) is 0 Å². The Morgan fingerprint density at radius 1 is 0.759 bits per heavy atom. The van der Waals surface area contributed by atoms with Gasteiger partial charge in [-0.25, -0.2) is 9.97 Å². The number of aromatic nitrogens is 2. The van der Waals surface area contributed by atoms with E-state index in [1.165, 1.54) is 22.7 Å². The van der Waals surface area contributed by atoms with Crippen molar-refractivity contribution >= 4 is 67.4 Å². The van der Waals surface area contributed by atoms with Crippen molar-refractivity contribution in [2.75, 3.05) is 10.6 Å². The fourth-order valence-corrected chi connectivity index (χ4v) is 5.49. The molecule has 0 aliphatic heterocycles. The van der Waals surface area contributed by atoms with Crippen LogP contribution in [0.1, 0.15) is 19.3 Å². The first kappa shape index (κ1) is 19.9. The number of carbonyl (C=O) groups is 2. The number of carbonyl (C=O) groups excluding carboxylic acids is 2. The molecular weight excluding hydrogens is 445 g/mol. The molecule has 4 aromatic rings. The fraction of sp³-hybridized carbons (Fsp3) is 0.158. The number of hydrogen-bond donors (Lipinski definition) is 2. The predicted octanol–water partition coefficient (Wildman–Crippen LogP) is 5.80. The Balaban J connectivity index is 1.20. The first-order valence-corrected chi connectivity index (χ1v) is 12.3. The van der Waals surface area contributed by atoms with Crippen molar-refractivity contribution in [3.05, 3.63) is 45.8 Å².